The summed E-state index contributed by atoms with van der Waals surface area (Å²) >= 11 is 0. The highest BCUT2D eigenvalue weighted by Gasteiger charge is 2.34. The van der Waals surface area contributed by atoms with Gasteiger partial charge in [0.05, 0.1) is 6.04 Å². The summed E-state index contributed by atoms with van der Waals surface area (Å²) in [5, 5.41) is 0. The Hall–Kier alpha value is -1.90. The Labute approximate surface area is 99.7 Å². The van der Waals surface area contributed by atoms with Crippen molar-refractivity contribution in [2.45, 2.75) is 25.3 Å². The molecule has 0 fully saturated rings. The van der Waals surface area contributed by atoms with E-state index in [0.29, 0.717) is 0 Å². The van der Waals surface area contributed by atoms with E-state index in [1.165, 1.54) is 22.6 Å². The molecule has 1 aromatic rings. The van der Waals surface area contributed by atoms with Gasteiger partial charge in [0, 0.05) is 12.2 Å². The number of fused-ring (bicyclic) bond motifs is 1. The van der Waals surface area contributed by atoms with Crippen LogP contribution in [0.1, 0.15) is 30.0 Å². The van der Waals surface area contributed by atoms with Crippen molar-refractivity contribution < 1.29 is 9.59 Å². The summed E-state index contributed by atoms with van der Waals surface area (Å²) in [6.07, 6.45) is 5.66. The maximum Gasteiger partial charge on any atom is 0.254 e. The smallest absolute Gasteiger partial charge is 0.254 e. The van der Waals surface area contributed by atoms with Crippen LogP contribution in [0.15, 0.2) is 36.4 Å². The van der Waals surface area contributed by atoms with Crippen LogP contribution in [0, 0.1) is 0 Å². The average Bonchev–Trinajstić information content (AvgIpc) is 2.69. The van der Waals surface area contributed by atoms with E-state index < -0.39 is 0 Å². The van der Waals surface area contributed by atoms with Crippen molar-refractivity contribution >= 4 is 11.8 Å². The van der Waals surface area contributed by atoms with Gasteiger partial charge in [0.1, 0.15) is 0 Å². The van der Waals surface area contributed by atoms with Gasteiger partial charge >= 0.3 is 0 Å². The number of carbonyl (C=O) groups excluding carboxylic acids is 2. The quantitative estimate of drug-likeness (QED) is 0.688. The molecule has 0 N–H and O–H groups in total. The summed E-state index contributed by atoms with van der Waals surface area (Å²) in [5.74, 6) is -0.367. The minimum Gasteiger partial charge on any atom is -0.269 e. The summed E-state index contributed by atoms with van der Waals surface area (Å²) < 4.78 is 0. The van der Waals surface area contributed by atoms with E-state index in [4.69, 9.17) is 0 Å². The molecule has 1 atom stereocenters. The van der Waals surface area contributed by atoms with Crippen LogP contribution in [0.4, 0.5) is 0 Å². The van der Waals surface area contributed by atoms with Gasteiger partial charge in [0.2, 0.25) is 0 Å². The number of hydrogen-bond acceptors (Lipinski definition) is 2. The molecule has 0 bridgehead atoms. The summed E-state index contributed by atoms with van der Waals surface area (Å²) in [6.45, 7) is 0. The molecule has 1 unspecified atom stereocenters. The van der Waals surface area contributed by atoms with E-state index in [0.717, 1.165) is 24.8 Å². The van der Waals surface area contributed by atoms with Crippen LogP contribution in [0.5, 0.6) is 0 Å². The van der Waals surface area contributed by atoms with Gasteiger partial charge in [-0.1, -0.05) is 24.3 Å². The molecular formula is C14H13NO2. The van der Waals surface area contributed by atoms with Gasteiger partial charge in [-0.05, 0) is 30.4 Å². The van der Waals surface area contributed by atoms with Gasteiger partial charge in [0.25, 0.3) is 11.8 Å². The van der Waals surface area contributed by atoms with Crippen LogP contribution in [-0.2, 0) is 16.0 Å². The predicted octanol–water partition coefficient (Wildman–Crippen LogP) is 1.99. The Morgan fingerprint density at radius 3 is 2.53 bits per heavy atom. The third kappa shape index (κ3) is 1.58. The molecule has 1 aliphatic heterocycles. The van der Waals surface area contributed by atoms with E-state index in [-0.39, 0.29) is 17.9 Å². The van der Waals surface area contributed by atoms with E-state index in [1.807, 2.05) is 18.2 Å². The van der Waals surface area contributed by atoms with Gasteiger partial charge in [0.15, 0.2) is 0 Å². The highest BCUT2D eigenvalue weighted by molar-refractivity contribution is 6.13. The van der Waals surface area contributed by atoms with Crippen LogP contribution >= 0.6 is 0 Å². The number of benzene rings is 1. The van der Waals surface area contributed by atoms with E-state index in [9.17, 15) is 9.59 Å². The lowest BCUT2D eigenvalue weighted by molar-refractivity contribution is -0.140. The van der Waals surface area contributed by atoms with Gasteiger partial charge < -0.3 is 0 Å². The predicted molar refractivity (Wildman–Crippen MR) is 63.1 cm³/mol. The second kappa shape index (κ2) is 3.84. The van der Waals surface area contributed by atoms with Crippen LogP contribution < -0.4 is 0 Å². The van der Waals surface area contributed by atoms with Crippen molar-refractivity contribution in [3.8, 4) is 0 Å². The van der Waals surface area contributed by atoms with Crippen molar-refractivity contribution in [1.82, 2.24) is 4.90 Å². The first-order valence-corrected chi connectivity index (χ1v) is 5.90. The molecule has 0 spiro atoms. The first-order chi connectivity index (χ1) is 8.27. The number of hydrogen-bond donors (Lipinski definition) is 0. The number of imide groups is 1. The van der Waals surface area contributed by atoms with Crippen molar-refractivity contribution in [3.05, 3.63) is 47.5 Å². The molecule has 86 valence electrons. The standard InChI is InChI=1S/C14H13NO2/c16-13-8-9-14(17)15(13)12-7-3-5-10-4-1-2-6-11(10)12/h1-2,4,6,8-9,12H,3,5,7H2. The van der Waals surface area contributed by atoms with Crippen LogP contribution in [0.2, 0.25) is 0 Å². The van der Waals surface area contributed by atoms with Gasteiger partial charge in [-0.2, -0.15) is 0 Å². The van der Waals surface area contributed by atoms with Gasteiger partial charge in [-0.15, -0.1) is 0 Å². The van der Waals surface area contributed by atoms with E-state index in [2.05, 4.69) is 6.07 Å². The largest absolute Gasteiger partial charge is 0.269 e. The van der Waals surface area contributed by atoms with E-state index >= 15 is 0 Å². The molecule has 0 saturated heterocycles. The topological polar surface area (TPSA) is 37.4 Å². The molecule has 3 nitrogen and oxygen atoms in total. The highest BCUT2D eigenvalue weighted by atomic mass is 16.2. The summed E-state index contributed by atoms with van der Waals surface area (Å²) in [5.41, 5.74) is 2.39. The van der Waals surface area contributed by atoms with Crippen molar-refractivity contribution in [3.63, 3.8) is 0 Å². The molecule has 0 saturated carbocycles. The maximum absolute atomic E-state index is 11.7. The molecule has 1 aromatic carbocycles. The van der Waals surface area contributed by atoms with Crippen LogP contribution in [0.25, 0.3) is 0 Å². The molecule has 1 heterocycles. The molecule has 2 amide bonds. The zero-order valence-corrected chi connectivity index (χ0v) is 9.43. The third-order valence-electron chi connectivity index (χ3n) is 3.49. The Morgan fingerprint density at radius 2 is 1.76 bits per heavy atom. The zero-order chi connectivity index (χ0) is 11.8. The minimum absolute atomic E-state index is 0.0741. The highest BCUT2D eigenvalue weighted by Crippen LogP contribution is 2.35. The molecule has 17 heavy (non-hydrogen) atoms. The second-order valence-electron chi connectivity index (χ2n) is 4.49. The number of nitrogens with zero attached hydrogens (tertiary/aromatic N) is 1. The fourth-order valence-electron chi connectivity index (χ4n) is 2.72. The molecule has 0 aromatic heterocycles. The third-order valence-corrected chi connectivity index (χ3v) is 3.49. The summed E-state index contributed by atoms with van der Waals surface area (Å²) in [7, 11) is 0. The van der Waals surface area contributed by atoms with Gasteiger partial charge in [-0.25, -0.2) is 0 Å². The second-order valence-corrected chi connectivity index (χ2v) is 4.49. The fourth-order valence-corrected chi connectivity index (χ4v) is 2.72. The zero-order valence-electron chi connectivity index (χ0n) is 9.43. The number of carbonyl (C=O) groups is 2. The van der Waals surface area contributed by atoms with Crippen molar-refractivity contribution in [1.29, 1.82) is 0 Å². The summed E-state index contributed by atoms with van der Waals surface area (Å²) in [6, 6.07) is 8.01. The van der Waals surface area contributed by atoms with Crippen LogP contribution in [-0.4, -0.2) is 16.7 Å². The Balaban J connectivity index is 2.01. The lowest BCUT2D eigenvalue weighted by atomic mass is 9.87. The normalized spacial score (nSPS) is 23.1. The van der Waals surface area contributed by atoms with E-state index in [1.54, 1.807) is 0 Å². The molecule has 0 radical (unpaired) electrons. The van der Waals surface area contributed by atoms with Crippen LogP contribution in [0.3, 0.4) is 0 Å². The van der Waals surface area contributed by atoms with Crippen molar-refractivity contribution in [2.24, 2.45) is 0 Å². The number of rotatable bonds is 1. The lowest BCUT2D eigenvalue weighted by Gasteiger charge is -2.31. The molecule has 2 aliphatic rings. The number of amides is 2. The Kier molecular flexibility index (Phi) is 2.32. The molecular weight excluding hydrogens is 214 g/mol. The first-order valence-electron chi connectivity index (χ1n) is 5.90. The molecule has 3 rings (SSSR count). The van der Waals surface area contributed by atoms with Gasteiger partial charge in [-0.3, -0.25) is 14.5 Å². The first kappa shape index (κ1) is 10.3. The SMILES string of the molecule is O=C1C=CC(=O)N1C1CCCc2ccccc21. The minimum atomic E-state index is -0.184. The average molecular weight is 227 g/mol. The molecule has 1 aliphatic carbocycles. The molecule has 3 heteroatoms. The lowest BCUT2D eigenvalue weighted by Crippen LogP contribution is -2.36. The Morgan fingerprint density at radius 1 is 1.06 bits per heavy atom. The maximum atomic E-state index is 11.7. The van der Waals surface area contributed by atoms with Crippen molar-refractivity contribution in [2.75, 3.05) is 0 Å². The monoisotopic (exact) mass is 227 g/mol. The Bertz CT molecular complexity index is 501. The fraction of sp³-hybridized carbons (Fsp3) is 0.286. The number of aryl methyl sites for hydroxylation is 1. The summed E-state index contributed by atoms with van der Waals surface area (Å²) in [4.78, 5) is 24.8.